The van der Waals surface area contributed by atoms with Crippen LogP contribution in [0.5, 0.6) is 5.75 Å². The number of Topliss-reactive ketones (excluding diaryl/α,β-unsaturated/α-hetero) is 1. The number of benzene rings is 2. The van der Waals surface area contributed by atoms with Gasteiger partial charge in [-0.25, -0.2) is 0 Å². The van der Waals surface area contributed by atoms with Crippen LogP contribution >= 0.6 is 0 Å². The molecular formula is C37H52N2O6. The van der Waals surface area contributed by atoms with Gasteiger partial charge in [0, 0.05) is 45.4 Å². The second kappa shape index (κ2) is 16.7. The molecule has 0 bridgehead atoms. The fourth-order valence-corrected chi connectivity index (χ4v) is 7.52. The highest BCUT2D eigenvalue weighted by molar-refractivity contribution is 5.77. The minimum Gasteiger partial charge on any atom is -0.492 e. The molecule has 2 aliphatic carbocycles. The number of ketones is 1. The van der Waals surface area contributed by atoms with Gasteiger partial charge in [-0.3, -0.25) is 9.69 Å². The highest BCUT2D eigenvalue weighted by Gasteiger charge is 2.38. The zero-order chi connectivity index (χ0) is 31.6. The lowest BCUT2D eigenvalue weighted by molar-refractivity contribution is -0.137. The Morgan fingerprint density at radius 1 is 1.04 bits per heavy atom. The number of carbonyl (C=O) groups is 2. The molecule has 1 heterocycles. The Labute approximate surface area is 268 Å². The number of morpholine rings is 1. The van der Waals surface area contributed by atoms with Gasteiger partial charge in [0.05, 0.1) is 31.5 Å². The summed E-state index contributed by atoms with van der Waals surface area (Å²) in [5.41, 5.74) is 2.99. The number of aliphatic hydroxyl groups is 2. The number of ether oxygens (including phenoxy) is 2. The number of hydrogen-bond acceptors (Lipinski definition) is 7. The van der Waals surface area contributed by atoms with Gasteiger partial charge in [0.1, 0.15) is 18.1 Å². The molecule has 5 rings (SSSR count). The second-order valence-electron chi connectivity index (χ2n) is 13.4. The zero-order valence-corrected chi connectivity index (χ0v) is 26.9. The first kappa shape index (κ1) is 33.6. The number of rotatable bonds is 15. The highest BCUT2D eigenvalue weighted by atomic mass is 16.5. The quantitative estimate of drug-likeness (QED) is 0.286. The molecule has 0 radical (unpaired) electrons. The van der Waals surface area contributed by atoms with E-state index >= 15 is 0 Å². The van der Waals surface area contributed by atoms with Crippen LogP contribution in [0.4, 0.5) is 0 Å². The Morgan fingerprint density at radius 2 is 1.78 bits per heavy atom. The largest absolute Gasteiger partial charge is 0.492 e. The number of carbonyl (C=O) groups excluding carboxylic acids is 2. The number of hydrogen-bond donors (Lipinski definition) is 2. The van der Waals surface area contributed by atoms with Gasteiger partial charge in [-0.05, 0) is 60.4 Å². The summed E-state index contributed by atoms with van der Waals surface area (Å²) in [5.74, 6) is 1.19. The molecule has 0 spiro atoms. The molecule has 246 valence electrons. The van der Waals surface area contributed by atoms with Gasteiger partial charge < -0.3 is 29.4 Å². The third-order valence-electron chi connectivity index (χ3n) is 9.99. The van der Waals surface area contributed by atoms with Gasteiger partial charge in [0.25, 0.3) is 0 Å². The van der Waals surface area contributed by atoms with Crippen LogP contribution in [0.3, 0.4) is 0 Å². The lowest BCUT2D eigenvalue weighted by Crippen LogP contribution is -2.39. The van der Waals surface area contributed by atoms with Crippen LogP contribution in [0.15, 0.2) is 48.5 Å². The van der Waals surface area contributed by atoms with E-state index in [0.29, 0.717) is 38.3 Å². The van der Waals surface area contributed by atoms with E-state index in [1.807, 2.05) is 48.5 Å². The van der Waals surface area contributed by atoms with Gasteiger partial charge in [0.2, 0.25) is 5.91 Å². The standard InChI is InChI=1S/C37H52N2O6/c1-27(40)23-31(24-28-7-3-2-4-8-28)34(41)15-16-36(43)39(37-33-10-6-5-9-30(33)25-35(37)42)26-29-11-13-32(14-12-29)45-22-19-38-17-20-44-21-18-38/h5-6,9-14,28,31,34-35,37,41-42H,2-4,7-8,15-26H2,1H3/t31-,34-,35+,37-/m0/s1. The molecule has 8 heteroatoms. The van der Waals surface area contributed by atoms with Crippen LogP contribution in [0.1, 0.15) is 87.4 Å². The van der Waals surface area contributed by atoms with Crippen molar-refractivity contribution in [3.05, 3.63) is 65.2 Å². The van der Waals surface area contributed by atoms with E-state index in [4.69, 9.17) is 9.47 Å². The third-order valence-corrected chi connectivity index (χ3v) is 9.99. The van der Waals surface area contributed by atoms with E-state index in [-0.39, 0.29) is 24.0 Å². The predicted molar refractivity (Wildman–Crippen MR) is 174 cm³/mol. The van der Waals surface area contributed by atoms with Gasteiger partial charge >= 0.3 is 0 Å². The fraction of sp³-hybridized carbons (Fsp3) is 0.622. The summed E-state index contributed by atoms with van der Waals surface area (Å²) in [5, 5.41) is 22.5. The van der Waals surface area contributed by atoms with E-state index in [2.05, 4.69) is 4.90 Å². The highest BCUT2D eigenvalue weighted by Crippen LogP contribution is 2.38. The summed E-state index contributed by atoms with van der Waals surface area (Å²) in [4.78, 5) is 30.2. The van der Waals surface area contributed by atoms with Crippen LogP contribution in [-0.4, -0.2) is 83.4 Å². The lowest BCUT2D eigenvalue weighted by Gasteiger charge is -2.33. The van der Waals surface area contributed by atoms with Crippen LogP contribution in [0.25, 0.3) is 0 Å². The van der Waals surface area contributed by atoms with Crippen molar-refractivity contribution in [3.8, 4) is 5.75 Å². The van der Waals surface area contributed by atoms with Crippen molar-refractivity contribution in [2.45, 2.75) is 95.9 Å². The summed E-state index contributed by atoms with van der Waals surface area (Å²) >= 11 is 0. The van der Waals surface area contributed by atoms with Crippen molar-refractivity contribution in [3.63, 3.8) is 0 Å². The molecule has 0 aromatic heterocycles. The first-order valence-electron chi connectivity index (χ1n) is 17.1. The fourth-order valence-electron chi connectivity index (χ4n) is 7.52. The summed E-state index contributed by atoms with van der Waals surface area (Å²) < 4.78 is 11.4. The average molecular weight is 621 g/mol. The first-order chi connectivity index (χ1) is 21.9. The van der Waals surface area contributed by atoms with Crippen molar-refractivity contribution in [1.29, 1.82) is 0 Å². The van der Waals surface area contributed by atoms with Crippen molar-refractivity contribution in [1.82, 2.24) is 9.80 Å². The predicted octanol–water partition coefficient (Wildman–Crippen LogP) is 5.09. The molecule has 3 aliphatic rings. The summed E-state index contributed by atoms with van der Waals surface area (Å²) in [7, 11) is 0. The van der Waals surface area contributed by atoms with Gasteiger partial charge in [-0.2, -0.15) is 0 Å². The van der Waals surface area contributed by atoms with E-state index in [0.717, 1.165) is 74.6 Å². The van der Waals surface area contributed by atoms with Crippen molar-refractivity contribution in [2.24, 2.45) is 11.8 Å². The summed E-state index contributed by atoms with van der Waals surface area (Å²) in [6.07, 6.45) is 6.77. The molecule has 1 saturated carbocycles. The Bertz CT molecular complexity index is 1220. The van der Waals surface area contributed by atoms with Gasteiger partial charge in [-0.15, -0.1) is 0 Å². The molecule has 1 aliphatic heterocycles. The second-order valence-corrected chi connectivity index (χ2v) is 13.4. The van der Waals surface area contributed by atoms with E-state index in [9.17, 15) is 19.8 Å². The molecule has 1 saturated heterocycles. The Morgan fingerprint density at radius 3 is 2.51 bits per heavy atom. The van der Waals surface area contributed by atoms with Crippen molar-refractivity contribution >= 4 is 11.7 Å². The normalized spacial score (nSPS) is 22.0. The van der Waals surface area contributed by atoms with Gasteiger partial charge in [-0.1, -0.05) is 68.5 Å². The van der Waals surface area contributed by atoms with Crippen LogP contribution in [0.2, 0.25) is 0 Å². The Balaban J connectivity index is 1.24. The van der Waals surface area contributed by atoms with Crippen LogP contribution < -0.4 is 4.74 Å². The van der Waals surface area contributed by atoms with E-state index < -0.39 is 18.2 Å². The topological polar surface area (TPSA) is 99.5 Å². The first-order valence-corrected chi connectivity index (χ1v) is 17.1. The minimum atomic E-state index is -0.712. The van der Waals surface area contributed by atoms with Crippen LogP contribution in [0, 0.1) is 11.8 Å². The van der Waals surface area contributed by atoms with Crippen molar-refractivity contribution in [2.75, 3.05) is 39.5 Å². The minimum absolute atomic E-state index is 0.0852. The molecule has 45 heavy (non-hydrogen) atoms. The Hall–Kier alpha value is -2.78. The summed E-state index contributed by atoms with van der Waals surface area (Å²) in [6.45, 7) is 6.78. The zero-order valence-electron chi connectivity index (χ0n) is 26.9. The third kappa shape index (κ3) is 9.61. The molecule has 2 aromatic rings. The molecule has 4 atom stereocenters. The van der Waals surface area contributed by atoms with Crippen molar-refractivity contribution < 1.29 is 29.3 Å². The maximum atomic E-state index is 14.0. The van der Waals surface area contributed by atoms with Crippen LogP contribution in [-0.2, 0) is 27.3 Å². The molecular weight excluding hydrogens is 568 g/mol. The maximum absolute atomic E-state index is 14.0. The maximum Gasteiger partial charge on any atom is 0.223 e. The molecule has 2 N–H and O–H groups in total. The number of nitrogens with zero attached hydrogens (tertiary/aromatic N) is 2. The van der Waals surface area contributed by atoms with E-state index in [1.165, 1.54) is 19.3 Å². The molecule has 1 amide bonds. The van der Waals surface area contributed by atoms with Gasteiger partial charge in [0.15, 0.2) is 0 Å². The van der Waals surface area contributed by atoms with E-state index in [1.54, 1.807) is 11.8 Å². The molecule has 0 unspecified atom stereocenters. The number of amides is 1. The average Bonchev–Trinajstić information content (AvgIpc) is 3.38. The smallest absolute Gasteiger partial charge is 0.223 e. The number of fused-ring (bicyclic) bond motifs is 1. The SMILES string of the molecule is CC(=O)C[C@@H](CC1CCCCC1)[C@@H](O)CCC(=O)N(Cc1ccc(OCCN2CCOCC2)cc1)[C@H]1c2ccccc2C[C@H]1O. The monoisotopic (exact) mass is 620 g/mol. The molecule has 2 fully saturated rings. The molecule has 2 aromatic carbocycles. The number of aliphatic hydroxyl groups excluding tert-OH is 2. The molecule has 8 nitrogen and oxygen atoms in total. The summed E-state index contributed by atoms with van der Waals surface area (Å²) in [6, 6.07) is 15.3. The lowest BCUT2D eigenvalue weighted by atomic mass is 9.79. The Kier molecular flexibility index (Phi) is 12.4.